The van der Waals surface area contributed by atoms with Crippen LogP contribution >= 0.6 is 0 Å². The molecule has 0 spiro atoms. The summed E-state index contributed by atoms with van der Waals surface area (Å²) in [6.45, 7) is 5.50. The van der Waals surface area contributed by atoms with Crippen molar-refractivity contribution in [3.8, 4) is 17.2 Å². The second-order valence-corrected chi connectivity index (χ2v) is 11.8. The Bertz CT molecular complexity index is 1560. The molecule has 8 nitrogen and oxygen atoms in total. The Labute approximate surface area is 265 Å². The molecule has 0 unspecified atom stereocenters. The summed E-state index contributed by atoms with van der Waals surface area (Å²) in [6.07, 6.45) is -0.000431. The molecule has 3 atom stereocenters. The maximum absolute atomic E-state index is 13.8. The third kappa shape index (κ3) is 8.50. The van der Waals surface area contributed by atoms with Crippen LogP contribution in [0.2, 0.25) is 0 Å². The Kier molecular flexibility index (Phi) is 10.5. The number of carbonyl (C=O) groups is 2. The summed E-state index contributed by atoms with van der Waals surface area (Å²) in [5.41, 5.74) is 2.92. The first-order valence-corrected chi connectivity index (χ1v) is 15.4. The molecule has 1 heterocycles. The summed E-state index contributed by atoms with van der Waals surface area (Å²) in [6, 6.07) is 32.1. The number of hydrogen-bond acceptors (Lipinski definition) is 6. The number of benzene rings is 4. The fraction of sp³-hybridized carbons (Fsp3) is 0.297. The predicted octanol–water partition coefficient (Wildman–Crippen LogP) is 6.01. The predicted molar refractivity (Wildman–Crippen MR) is 176 cm³/mol. The molecule has 1 aliphatic heterocycles. The Hall–Kier alpha value is -4.66. The number of ether oxygens (including phenoxy) is 2. The van der Waals surface area contributed by atoms with Crippen LogP contribution in [-0.4, -0.2) is 65.6 Å². The highest BCUT2D eigenvalue weighted by atomic mass is 16.5. The number of amides is 2. The van der Waals surface area contributed by atoms with Crippen LogP contribution in [-0.2, 0) is 17.8 Å². The van der Waals surface area contributed by atoms with E-state index in [2.05, 4.69) is 36.3 Å². The van der Waals surface area contributed by atoms with Gasteiger partial charge in [0.25, 0.3) is 5.91 Å². The Morgan fingerprint density at radius 1 is 0.978 bits per heavy atom. The van der Waals surface area contributed by atoms with Crippen LogP contribution in [0.4, 0.5) is 5.69 Å². The lowest BCUT2D eigenvalue weighted by atomic mass is 9.99. The highest BCUT2D eigenvalue weighted by Crippen LogP contribution is 2.31. The Morgan fingerprint density at radius 3 is 2.33 bits per heavy atom. The smallest absolute Gasteiger partial charge is 0.258 e. The molecule has 2 N–H and O–H groups in total. The van der Waals surface area contributed by atoms with E-state index in [-0.39, 0.29) is 42.9 Å². The zero-order valence-corrected chi connectivity index (χ0v) is 26.1. The molecule has 1 aliphatic rings. The van der Waals surface area contributed by atoms with Crippen LogP contribution < -0.4 is 14.8 Å². The molecule has 0 radical (unpaired) electrons. The van der Waals surface area contributed by atoms with Gasteiger partial charge in [-0.15, -0.1) is 0 Å². The Morgan fingerprint density at radius 2 is 1.64 bits per heavy atom. The van der Waals surface area contributed by atoms with Gasteiger partial charge in [0.1, 0.15) is 23.4 Å². The molecule has 234 valence electrons. The first kappa shape index (κ1) is 31.8. The van der Waals surface area contributed by atoms with E-state index >= 15 is 0 Å². The standard InChI is InChI=1S/C37H41N3O5/c1-26-22-40(27(2)25-41)37(43)33-21-30(38-36(42)20-28-10-6-4-7-11-28)16-19-34(33)45-35(26)24-39(3)23-29-14-17-32(18-15-29)44-31-12-8-5-9-13-31/h4-19,21,26-27,35,41H,20,22-25H2,1-3H3,(H,38,42)/t26-,27+,35+/m0/s1. The number of anilines is 1. The molecular formula is C37H41N3O5. The number of carbonyl (C=O) groups excluding carboxylic acids is 2. The molecule has 0 saturated heterocycles. The van der Waals surface area contributed by atoms with Gasteiger partial charge in [-0.3, -0.25) is 14.5 Å². The normalized spacial score (nSPS) is 17.1. The quantitative estimate of drug-likeness (QED) is 0.217. The van der Waals surface area contributed by atoms with Gasteiger partial charge < -0.3 is 24.8 Å². The average molecular weight is 608 g/mol. The molecule has 45 heavy (non-hydrogen) atoms. The highest BCUT2D eigenvalue weighted by molar-refractivity contribution is 6.00. The van der Waals surface area contributed by atoms with Gasteiger partial charge in [0.2, 0.25) is 5.91 Å². The lowest BCUT2D eigenvalue weighted by Crippen LogP contribution is -2.49. The van der Waals surface area contributed by atoms with Gasteiger partial charge in [-0.25, -0.2) is 0 Å². The zero-order chi connectivity index (χ0) is 31.8. The molecule has 4 aromatic rings. The van der Waals surface area contributed by atoms with Crippen LogP contribution in [0.1, 0.15) is 35.3 Å². The number of para-hydroxylation sites is 1. The maximum Gasteiger partial charge on any atom is 0.258 e. The second-order valence-electron chi connectivity index (χ2n) is 11.8. The molecular weight excluding hydrogens is 566 g/mol. The van der Waals surface area contributed by atoms with Gasteiger partial charge in [-0.05, 0) is 67.6 Å². The van der Waals surface area contributed by atoms with E-state index in [4.69, 9.17) is 9.47 Å². The van der Waals surface area contributed by atoms with Crippen LogP contribution in [0.5, 0.6) is 17.2 Å². The van der Waals surface area contributed by atoms with Gasteiger partial charge >= 0.3 is 0 Å². The van der Waals surface area contributed by atoms with Crippen molar-refractivity contribution in [3.63, 3.8) is 0 Å². The van der Waals surface area contributed by atoms with Crippen molar-refractivity contribution in [2.45, 2.75) is 39.0 Å². The van der Waals surface area contributed by atoms with Crippen molar-refractivity contribution in [3.05, 3.63) is 120 Å². The minimum atomic E-state index is -0.378. The summed E-state index contributed by atoms with van der Waals surface area (Å²) in [4.78, 5) is 30.4. The fourth-order valence-electron chi connectivity index (χ4n) is 5.48. The number of likely N-dealkylation sites (N-methyl/N-ethyl adjacent to an activating group) is 1. The molecule has 0 saturated carbocycles. The summed E-state index contributed by atoms with van der Waals surface area (Å²) in [7, 11) is 2.05. The van der Waals surface area contributed by atoms with Crippen molar-refractivity contribution in [2.24, 2.45) is 5.92 Å². The maximum atomic E-state index is 13.8. The fourth-order valence-corrected chi connectivity index (χ4v) is 5.48. The van der Waals surface area contributed by atoms with Gasteiger partial charge in [0.15, 0.2) is 0 Å². The first-order valence-electron chi connectivity index (χ1n) is 15.4. The van der Waals surface area contributed by atoms with Crippen LogP contribution in [0.3, 0.4) is 0 Å². The van der Waals surface area contributed by atoms with E-state index in [1.807, 2.05) is 79.7 Å². The topological polar surface area (TPSA) is 91.3 Å². The van der Waals surface area contributed by atoms with Crippen molar-refractivity contribution < 1.29 is 24.2 Å². The number of aliphatic hydroxyl groups is 1. The third-order valence-electron chi connectivity index (χ3n) is 8.00. The van der Waals surface area contributed by atoms with E-state index in [0.717, 1.165) is 22.6 Å². The Balaban J connectivity index is 1.29. The zero-order valence-electron chi connectivity index (χ0n) is 26.1. The van der Waals surface area contributed by atoms with Crippen LogP contribution in [0, 0.1) is 5.92 Å². The lowest BCUT2D eigenvalue weighted by molar-refractivity contribution is -0.115. The summed E-state index contributed by atoms with van der Waals surface area (Å²) in [5.74, 6) is 1.62. The molecule has 0 aliphatic carbocycles. The molecule has 0 bridgehead atoms. The third-order valence-corrected chi connectivity index (χ3v) is 8.00. The minimum absolute atomic E-state index is 0.00884. The molecule has 5 rings (SSSR count). The molecule has 2 amide bonds. The van der Waals surface area contributed by atoms with Crippen LogP contribution in [0.25, 0.3) is 0 Å². The second kappa shape index (κ2) is 14.9. The number of fused-ring (bicyclic) bond motifs is 1. The van der Waals surface area contributed by atoms with Gasteiger partial charge in [0.05, 0.1) is 24.6 Å². The highest BCUT2D eigenvalue weighted by Gasteiger charge is 2.33. The minimum Gasteiger partial charge on any atom is -0.488 e. The van der Waals surface area contributed by atoms with Crippen molar-refractivity contribution in [2.75, 3.05) is 32.1 Å². The molecule has 8 heteroatoms. The molecule has 0 fully saturated rings. The summed E-state index contributed by atoms with van der Waals surface area (Å²) >= 11 is 0. The van der Waals surface area contributed by atoms with E-state index < -0.39 is 0 Å². The van der Waals surface area contributed by atoms with Crippen molar-refractivity contribution in [1.29, 1.82) is 0 Å². The summed E-state index contributed by atoms with van der Waals surface area (Å²) < 4.78 is 12.5. The van der Waals surface area contributed by atoms with E-state index in [1.54, 1.807) is 23.1 Å². The number of nitrogens with zero attached hydrogens (tertiary/aromatic N) is 2. The van der Waals surface area contributed by atoms with E-state index in [0.29, 0.717) is 36.6 Å². The monoisotopic (exact) mass is 607 g/mol. The van der Waals surface area contributed by atoms with Gasteiger partial charge in [0, 0.05) is 31.2 Å². The van der Waals surface area contributed by atoms with Gasteiger partial charge in [-0.1, -0.05) is 67.6 Å². The number of rotatable bonds is 11. The van der Waals surface area contributed by atoms with Crippen molar-refractivity contribution in [1.82, 2.24) is 9.80 Å². The van der Waals surface area contributed by atoms with Crippen LogP contribution in [0.15, 0.2) is 103 Å². The largest absolute Gasteiger partial charge is 0.488 e. The molecule has 0 aromatic heterocycles. The molecule has 4 aromatic carbocycles. The lowest BCUT2D eigenvalue weighted by Gasteiger charge is -2.38. The van der Waals surface area contributed by atoms with Gasteiger partial charge in [-0.2, -0.15) is 0 Å². The average Bonchev–Trinajstić information content (AvgIpc) is 3.04. The summed E-state index contributed by atoms with van der Waals surface area (Å²) in [5, 5.41) is 12.9. The van der Waals surface area contributed by atoms with E-state index in [1.165, 1.54) is 0 Å². The first-order chi connectivity index (χ1) is 21.8. The SMILES string of the molecule is C[C@H](CO)N1C[C@H](C)[C@@H](CN(C)Cc2ccc(Oc3ccccc3)cc2)Oc2ccc(NC(=O)Cc3ccccc3)cc2C1=O. The number of hydrogen-bond donors (Lipinski definition) is 2. The number of nitrogens with one attached hydrogen (secondary N) is 1. The number of aliphatic hydroxyl groups excluding tert-OH is 1. The van der Waals surface area contributed by atoms with E-state index in [9.17, 15) is 14.7 Å². The van der Waals surface area contributed by atoms with Crippen molar-refractivity contribution >= 4 is 17.5 Å².